The molecule has 0 N–H and O–H groups in total. The quantitative estimate of drug-likeness (QED) is 0.775. The van der Waals surface area contributed by atoms with Crippen molar-refractivity contribution < 1.29 is 4.74 Å². The van der Waals surface area contributed by atoms with E-state index >= 15 is 0 Å². The van der Waals surface area contributed by atoms with Crippen LogP contribution in [-0.4, -0.2) is 39.8 Å². The summed E-state index contributed by atoms with van der Waals surface area (Å²) < 4.78 is 11.6. The number of hydrogen-bond acceptors (Lipinski definition) is 3. The van der Waals surface area contributed by atoms with Crippen molar-refractivity contribution in [2.24, 2.45) is 0 Å². The highest BCUT2D eigenvalue weighted by Crippen LogP contribution is 2.15. The Morgan fingerprint density at radius 3 is 2.76 bits per heavy atom. The fourth-order valence-electron chi connectivity index (χ4n) is 2.55. The van der Waals surface area contributed by atoms with Crippen LogP contribution in [0.1, 0.15) is 6.92 Å². The molecule has 21 heavy (non-hydrogen) atoms. The summed E-state index contributed by atoms with van der Waals surface area (Å²) in [7, 11) is 0. The van der Waals surface area contributed by atoms with Gasteiger partial charge in [0, 0.05) is 35.6 Å². The van der Waals surface area contributed by atoms with Gasteiger partial charge in [0.25, 0.3) is 0 Å². The highest BCUT2D eigenvalue weighted by atomic mass is 79.9. The minimum atomic E-state index is 0.293. The van der Waals surface area contributed by atoms with E-state index in [2.05, 4.69) is 44.5 Å². The third-order valence-corrected chi connectivity index (χ3v) is 4.59. The van der Waals surface area contributed by atoms with E-state index in [4.69, 9.17) is 17.0 Å². The minimum absolute atomic E-state index is 0.293. The summed E-state index contributed by atoms with van der Waals surface area (Å²) in [4.78, 5) is 2.37. The second-order valence-corrected chi connectivity index (χ2v) is 6.58. The zero-order valence-corrected chi connectivity index (χ0v) is 14.3. The summed E-state index contributed by atoms with van der Waals surface area (Å²) in [5, 5.41) is 0. The maximum Gasteiger partial charge on any atom is 0.185 e. The Morgan fingerprint density at radius 2 is 2.05 bits per heavy atom. The van der Waals surface area contributed by atoms with E-state index in [1.54, 1.807) is 0 Å². The Bertz CT molecular complexity index is 664. The number of imidazole rings is 1. The van der Waals surface area contributed by atoms with Crippen molar-refractivity contribution in [3.05, 3.63) is 45.9 Å². The average Bonchev–Trinajstić information content (AvgIpc) is 2.81. The van der Waals surface area contributed by atoms with E-state index in [-0.39, 0.29) is 0 Å². The van der Waals surface area contributed by atoms with Crippen LogP contribution in [-0.2, 0) is 11.4 Å². The predicted molar refractivity (Wildman–Crippen MR) is 89.3 cm³/mol. The number of aromatic nitrogens is 2. The molecule has 4 nitrogen and oxygen atoms in total. The lowest BCUT2D eigenvalue weighted by Gasteiger charge is -2.31. The monoisotopic (exact) mass is 367 g/mol. The van der Waals surface area contributed by atoms with E-state index in [0.29, 0.717) is 6.10 Å². The number of hydrogen-bond donors (Lipinski definition) is 0. The summed E-state index contributed by atoms with van der Waals surface area (Å²) in [6.45, 7) is 5.62. The molecule has 1 aliphatic heterocycles. The number of nitrogens with zero attached hydrogens (tertiary/aromatic N) is 3. The first-order valence-corrected chi connectivity index (χ1v) is 8.21. The van der Waals surface area contributed by atoms with E-state index in [1.807, 2.05) is 29.1 Å². The average molecular weight is 368 g/mol. The zero-order valence-electron chi connectivity index (χ0n) is 11.9. The van der Waals surface area contributed by atoms with Crippen LogP contribution in [0.2, 0.25) is 0 Å². The molecule has 1 aromatic heterocycles. The molecule has 2 heterocycles. The Morgan fingerprint density at radius 1 is 1.29 bits per heavy atom. The summed E-state index contributed by atoms with van der Waals surface area (Å²) in [6, 6.07) is 8.16. The van der Waals surface area contributed by atoms with Gasteiger partial charge in [0.1, 0.15) is 0 Å². The molecule has 1 fully saturated rings. The van der Waals surface area contributed by atoms with Crippen LogP contribution < -0.4 is 0 Å². The second-order valence-electron chi connectivity index (χ2n) is 5.30. The number of morpholine rings is 1. The van der Waals surface area contributed by atoms with E-state index < -0.39 is 0 Å². The van der Waals surface area contributed by atoms with Crippen molar-refractivity contribution >= 4 is 28.1 Å². The molecule has 0 aliphatic carbocycles. The minimum Gasteiger partial charge on any atom is -0.376 e. The third kappa shape index (κ3) is 3.45. The SMILES string of the molecule is CC1CN(Cn2ccn(-c3ccc(Br)cc3)c2=S)CCO1. The van der Waals surface area contributed by atoms with Crippen LogP contribution >= 0.6 is 28.1 Å². The van der Waals surface area contributed by atoms with Crippen molar-refractivity contribution in [3.8, 4) is 5.69 Å². The lowest BCUT2D eigenvalue weighted by molar-refractivity contribution is -0.0292. The van der Waals surface area contributed by atoms with Gasteiger partial charge in [-0.3, -0.25) is 9.47 Å². The van der Waals surface area contributed by atoms with Crippen molar-refractivity contribution in [1.82, 2.24) is 14.0 Å². The Balaban J connectivity index is 1.79. The van der Waals surface area contributed by atoms with Crippen molar-refractivity contribution in [1.29, 1.82) is 0 Å². The zero-order chi connectivity index (χ0) is 14.8. The van der Waals surface area contributed by atoms with Crippen LogP contribution in [0.3, 0.4) is 0 Å². The molecule has 1 aliphatic rings. The van der Waals surface area contributed by atoms with Crippen molar-refractivity contribution in [2.45, 2.75) is 19.7 Å². The highest BCUT2D eigenvalue weighted by Gasteiger charge is 2.17. The fraction of sp³-hybridized carbons (Fsp3) is 0.400. The fourth-order valence-corrected chi connectivity index (χ4v) is 3.10. The van der Waals surface area contributed by atoms with Gasteiger partial charge in [0.15, 0.2) is 4.77 Å². The lowest BCUT2D eigenvalue weighted by atomic mass is 10.3. The summed E-state index contributed by atoms with van der Waals surface area (Å²) in [5.41, 5.74) is 1.08. The number of ether oxygens (including phenoxy) is 1. The number of benzene rings is 1. The Labute approximate surface area is 138 Å². The largest absolute Gasteiger partial charge is 0.376 e. The molecule has 1 atom stereocenters. The molecule has 112 valence electrons. The molecule has 1 saturated heterocycles. The van der Waals surface area contributed by atoms with Gasteiger partial charge >= 0.3 is 0 Å². The van der Waals surface area contributed by atoms with Gasteiger partial charge in [-0.2, -0.15) is 0 Å². The maximum absolute atomic E-state index is 5.59. The molecule has 0 saturated carbocycles. The molecule has 6 heteroatoms. The number of halogens is 1. The molecule has 0 radical (unpaired) electrons. The predicted octanol–water partition coefficient (Wildman–Crippen LogP) is 3.45. The molecular weight excluding hydrogens is 350 g/mol. The summed E-state index contributed by atoms with van der Waals surface area (Å²) >= 11 is 9.05. The third-order valence-electron chi connectivity index (χ3n) is 3.63. The first-order chi connectivity index (χ1) is 10.1. The lowest BCUT2D eigenvalue weighted by Crippen LogP contribution is -2.41. The van der Waals surface area contributed by atoms with Crippen LogP contribution in [0, 0.1) is 4.77 Å². The van der Waals surface area contributed by atoms with Crippen molar-refractivity contribution in [2.75, 3.05) is 19.7 Å². The molecule has 1 unspecified atom stereocenters. The normalized spacial score (nSPS) is 19.8. The summed E-state index contributed by atoms with van der Waals surface area (Å²) in [5.74, 6) is 0. The van der Waals surface area contributed by atoms with Crippen LogP contribution in [0.25, 0.3) is 5.69 Å². The highest BCUT2D eigenvalue weighted by molar-refractivity contribution is 9.10. The Kier molecular flexibility index (Phi) is 4.59. The van der Waals surface area contributed by atoms with Gasteiger partial charge in [-0.1, -0.05) is 15.9 Å². The van der Waals surface area contributed by atoms with E-state index in [1.165, 1.54) is 0 Å². The molecule has 0 amide bonds. The van der Waals surface area contributed by atoms with Crippen LogP contribution in [0.4, 0.5) is 0 Å². The van der Waals surface area contributed by atoms with Gasteiger partial charge in [-0.25, -0.2) is 0 Å². The molecule has 0 spiro atoms. The first-order valence-electron chi connectivity index (χ1n) is 7.01. The van der Waals surface area contributed by atoms with E-state index in [9.17, 15) is 0 Å². The van der Waals surface area contributed by atoms with Gasteiger partial charge in [0.05, 0.1) is 19.4 Å². The molecule has 0 bridgehead atoms. The van der Waals surface area contributed by atoms with Gasteiger partial charge < -0.3 is 9.30 Å². The summed E-state index contributed by atoms with van der Waals surface area (Å²) in [6.07, 6.45) is 4.36. The van der Waals surface area contributed by atoms with Crippen LogP contribution in [0.15, 0.2) is 41.1 Å². The molecular formula is C15H18BrN3OS. The smallest absolute Gasteiger partial charge is 0.185 e. The van der Waals surface area contributed by atoms with Gasteiger partial charge in [0.2, 0.25) is 0 Å². The number of rotatable bonds is 3. The molecule has 2 aromatic rings. The Hall–Kier alpha value is -0.950. The van der Waals surface area contributed by atoms with Gasteiger partial charge in [-0.15, -0.1) is 0 Å². The topological polar surface area (TPSA) is 22.3 Å². The molecule has 1 aromatic carbocycles. The standard InChI is InChI=1S/C15H18BrN3OS/c1-12-10-17(8-9-20-12)11-18-6-7-19(15(18)21)14-4-2-13(16)3-5-14/h2-7,12H,8-11H2,1H3. The van der Waals surface area contributed by atoms with E-state index in [0.717, 1.165) is 41.3 Å². The van der Waals surface area contributed by atoms with Crippen molar-refractivity contribution in [3.63, 3.8) is 0 Å². The molecule has 3 rings (SSSR count). The van der Waals surface area contributed by atoms with Gasteiger partial charge in [-0.05, 0) is 43.4 Å². The maximum atomic E-state index is 5.59. The second kappa shape index (κ2) is 6.44. The first kappa shape index (κ1) is 15.0. The van der Waals surface area contributed by atoms with Crippen LogP contribution in [0.5, 0.6) is 0 Å².